The van der Waals surface area contributed by atoms with E-state index in [0.717, 1.165) is 25.9 Å². The van der Waals surface area contributed by atoms with E-state index in [2.05, 4.69) is 34.5 Å². The number of ether oxygens (including phenoxy) is 2. The van der Waals surface area contributed by atoms with Crippen molar-refractivity contribution in [3.63, 3.8) is 0 Å². The van der Waals surface area contributed by atoms with E-state index in [4.69, 9.17) is 9.47 Å². The van der Waals surface area contributed by atoms with Gasteiger partial charge in [-0.2, -0.15) is 0 Å². The number of piperidine rings is 1. The first kappa shape index (κ1) is 15.3. The van der Waals surface area contributed by atoms with E-state index < -0.39 is 0 Å². The standard InChI is InChI=1S/C17H24N2O3/c1-21-10-8-18-17(20)15-11-13-7-9-19(12-16(13)22-15)14-5-3-2-4-6-14/h2-6,13,15-16H,7-12H2,1H3,(H,18,20)/t13-,15+,16+/m1/s1. The highest BCUT2D eigenvalue weighted by atomic mass is 16.5. The fourth-order valence-corrected chi connectivity index (χ4v) is 3.36. The van der Waals surface area contributed by atoms with E-state index in [0.29, 0.717) is 19.1 Å². The summed E-state index contributed by atoms with van der Waals surface area (Å²) in [5.74, 6) is 0.496. The summed E-state index contributed by atoms with van der Waals surface area (Å²) < 4.78 is 11.0. The molecule has 120 valence electrons. The van der Waals surface area contributed by atoms with Gasteiger partial charge in [0.25, 0.3) is 0 Å². The molecule has 0 spiro atoms. The van der Waals surface area contributed by atoms with Crippen molar-refractivity contribution in [3.8, 4) is 0 Å². The lowest BCUT2D eigenvalue weighted by atomic mass is 9.91. The summed E-state index contributed by atoms with van der Waals surface area (Å²) in [6.07, 6.45) is 1.78. The zero-order valence-electron chi connectivity index (χ0n) is 13.0. The molecule has 0 unspecified atom stereocenters. The fourth-order valence-electron chi connectivity index (χ4n) is 3.36. The third-order valence-electron chi connectivity index (χ3n) is 4.57. The van der Waals surface area contributed by atoms with Gasteiger partial charge in [-0.15, -0.1) is 0 Å². The summed E-state index contributed by atoms with van der Waals surface area (Å²) in [5, 5.41) is 2.88. The average Bonchev–Trinajstić information content (AvgIpc) is 2.99. The summed E-state index contributed by atoms with van der Waals surface area (Å²) in [7, 11) is 1.63. The molecule has 0 aliphatic carbocycles. The first-order valence-electron chi connectivity index (χ1n) is 8.00. The van der Waals surface area contributed by atoms with Crippen molar-refractivity contribution in [3.05, 3.63) is 30.3 Å². The van der Waals surface area contributed by atoms with Crippen LogP contribution in [-0.2, 0) is 14.3 Å². The van der Waals surface area contributed by atoms with Gasteiger partial charge >= 0.3 is 0 Å². The number of amides is 1. The van der Waals surface area contributed by atoms with Crippen LogP contribution in [0.25, 0.3) is 0 Å². The number of hydrogen-bond donors (Lipinski definition) is 1. The molecule has 5 nitrogen and oxygen atoms in total. The molecule has 5 heteroatoms. The van der Waals surface area contributed by atoms with Crippen LogP contribution >= 0.6 is 0 Å². The molecular weight excluding hydrogens is 280 g/mol. The normalized spacial score (nSPS) is 27.5. The van der Waals surface area contributed by atoms with E-state index >= 15 is 0 Å². The topological polar surface area (TPSA) is 50.8 Å². The molecule has 0 aromatic heterocycles. The second kappa shape index (κ2) is 7.11. The zero-order valence-corrected chi connectivity index (χ0v) is 13.0. The molecule has 1 aromatic rings. The molecule has 2 aliphatic rings. The van der Waals surface area contributed by atoms with Crippen LogP contribution in [0, 0.1) is 5.92 Å². The monoisotopic (exact) mass is 304 g/mol. The Morgan fingerprint density at radius 2 is 2.23 bits per heavy atom. The number of anilines is 1. The number of nitrogens with one attached hydrogen (secondary N) is 1. The first-order valence-corrected chi connectivity index (χ1v) is 8.00. The molecule has 1 amide bonds. The quantitative estimate of drug-likeness (QED) is 0.836. The number of nitrogens with zero attached hydrogens (tertiary/aromatic N) is 1. The summed E-state index contributed by atoms with van der Waals surface area (Å²) in [5.41, 5.74) is 1.23. The smallest absolute Gasteiger partial charge is 0.249 e. The van der Waals surface area contributed by atoms with Crippen LogP contribution in [0.4, 0.5) is 5.69 Å². The largest absolute Gasteiger partial charge is 0.383 e. The highest BCUT2D eigenvalue weighted by Crippen LogP contribution is 2.34. The maximum Gasteiger partial charge on any atom is 0.249 e. The van der Waals surface area contributed by atoms with Gasteiger partial charge in [0.15, 0.2) is 0 Å². The molecule has 0 bridgehead atoms. The van der Waals surface area contributed by atoms with Gasteiger partial charge in [0.05, 0.1) is 12.7 Å². The van der Waals surface area contributed by atoms with Gasteiger partial charge in [0, 0.05) is 32.4 Å². The summed E-state index contributed by atoms with van der Waals surface area (Å²) in [4.78, 5) is 14.5. The van der Waals surface area contributed by atoms with E-state index in [1.165, 1.54) is 5.69 Å². The molecule has 0 radical (unpaired) electrons. The Hall–Kier alpha value is -1.59. The highest BCUT2D eigenvalue weighted by molar-refractivity contribution is 5.81. The Bertz CT molecular complexity index is 494. The molecule has 22 heavy (non-hydrogen) atoms. The van der Waals surface area contributed by atoms with Crippen LogP contribution in [0.2, 0.25) is 0 Å². The number of carbonyl (C=O) groups is 1. The second-order valence-corrected chi connectivity index (χ2v) is 6.01. The summed E-state index contributed by atoms with van der Waals surface area (Å²) in [6.45, 7) is 2.98. The number of para-hydroxylation sites is 1. The number of fused-ring (bicyclic) bond motifs is 1. The Labute approximate surface area is 131 Å². The summed E-state index contributed by atoms with van der Waals surface area (Å²) in [6, 6.07) is 10.4. The highest BCUT2D eigenvalue weighted by Gasteiger charge is 2.41. The van der Waals surface area contributed by atoms with Crippen molar-refractivity contribution in [2.45, 2.75) is 25.0 Å². The van der Waals surface area contributed by atoms with Crippen molar-refractivity contribution in [1.82, 2.24) is 5.32 Å². The van der Waals surface area contributed by atoms with E-state index in [1.54, 1.807) is 7.11 Å². The lowest BCUT2D eigenvalue weighted by Crippen LogP contribution is -2.42. The minimum absolute atomic E-state index is 0.00212. The fraction of sp³-hybridized carbons (Fsp3) is 0.588. The maximum absolute atomic E-state index is 12.1. The van der Waals surface area contributed by atoms with Crippen molar-refractivity contribution >= 4 is 11.6 Å². The van der Waals surface area contributed by atoms with Gasteiger partial charge in [0.1, 0.15) is 6.10 Å². The average molecular weight is 304 g/mol. The molecule has 2 aliphatic heterocycles. The van der Waals surface area contributed by atoms with Crippen LogP contribution in [0.5, 0.6) is 0 Å². The van der Waals surface area contributed by atoms with Crippen molar-refractivity contribution in [1.29, 1.82) is 0 Å². The van der Waals surface area contributed by atoms with Gasteiger partial charge in [-0.05, 0) is 30.9 Å². The summed E-state index contributed by atoms with van der Waals surface area (Å²) >= 11 is 0. The molecular formula is C17H24N2O3. The van der Waals surface area contributed by atoms with Gasteiger partial charge in [-0.1, -0.05) is 18.2 Å². The Balaban J connectivity index is 1.54. The zero-order chi connectivity index (χ0) is 15.4. The molecule has 3 atom stereocenters. The number of hydrogen-bond acceptors (Lipinski definition) is 4. The minimum atomic E-state index is -0.303. The SMILES string of the molecule is COCCNC(=O)[C@@H]1C[C@H]2CCN(c3ccccc3)C[C@@H]2O1. The molecule has 2 heterocycles. The van der Waals surface area contributed by atoms with E-state index in [1.807, 2.05) is 6.07 Å². The Kier molecular flexibility index (Phi) is 4.95. The van der Waals surface area contributed by atoms with Crippen LogP contribution < -0.4 is 10.2 Å². The van der Waals surface area contributed by atoms with Gasteiger partial charge < -0.3 is 19.7 Å². The Morgan fingerprint density at radius 3 is 3.00 bits per heavy atom. The predicted molar refractivity (Wildman–Crippen MR) is 84.9 cm³/mol. The van der Waals surface area contributed by atoms with Crippen molar-refractivity contribution in [2.24, 2.45) is 5.92 Å². The van der Waals surface area contributed by atoms with Crippen LogP contribution in [0.1, 0.15) is 12.8 Å². The molecule has 3 rings (SSSR count). The molecule has 0 saturated carbocycles. The second-order valence-electron chi connectivity index (χ2n) is 6.01. The minimum Gasteiger partial charge on any atom is -0.383 e. The molecule has 2 saturated heterocycles. The lowest BCUT2D eigenvalue weighted by Gasteiger charge is -2.35. The molecule has 2 fully saturated rings. The van der Waals surface area contributed by atoms with Crippen LogP contribution in [0.15, 0.2) is 30.3 Å². The predicted octanol–water partition coefficient (Wildman–Crippen LogP) is 1.43. The first-order chi connectivity index (χ1) is 10.8. The van der Waals surface area contributed by atoms with Crippen molar-refractivity contribution < 1.29 is 14.3 Å². The number of rotatable bonds is 5. The number of carbonyl (C=O) groups excluding carboxylic acids is 1. The maximum atomic E-state index is 12.1. The Morgan fingerprint density at radius 1 is 1.41 bits per heavy atom. The van der Waals surface area contributed by atoms with E-state index in [9.17, 15) is 4.79 Å². The van der Waals surface area contributed by atoms with E-state index in [-0.39, 0.29) is 18.1 Å². The van der Waals surface area contributed by atoms with Crippen molar-refractivity contribution in [2.75, 3.05) is 38.3 Å². The third-order valence-corrected chi connectivity index (χ3v) is 4.57. The van der Waals surface area contributed by atoms with Crippen LogP contribution in [0.3, 0.4) is 0 Å². The third kappa shape index (κ3) is 3.42. The molecule has 1 aromatic carbocycles. The number of methoxy groups -OCH3 is 1. The van der Waals surface area contributed by atoms with Gasteiger partial charge in [-0.25, -0.2) is 0 Å². The van der Waals surface area contributed by atoms with Gasteiger partial charge in [-0.3, -0.25) is 4.79 Å². The molecule has 1 N–H and O–H groups in total. The van der Waals surface area contributed by atoms with Gasteiger partial charge in [0.2, 0.25) is 5.91 Å². The van der Waals surface area contributed by atoms with Crippen LogP contribution in [-0.4, -0.2) is 51.5 Å². The lowest BCUT2D eigenvalue weighted by molar-refractivity contribution is -0.132. The number of benzene rings is 1.